The van der Waals surface area contributed by atoms with Crippen molar-refractivity contribution in [2.75, 3.05) is 21.0 Å². The van der Waals surface area contributed by atoms with Crippen molar-refractivity contribution >= 4 is 17.8 Å². The van der Waals surface area contributed by atoms with E-state index in [-0.39, 0.29) is 30.7 Å². The smallest absolute Gasteiger partial charge is 0.312 e. The SMILES string of the molecule is COc1ccc(/C=C2/Oc3c(ccc4c3[C@H](c3cc(OC)c5c(c3)OCO5)CC(=O)O4)C2=O)cc1. The van der Waals surface area contributed by atoms with Crippen molar-refractivity contribution in [3.05, 3.63) is 76.5 Å². The molecule has 3 aromatic carbocycles. The number of rotatable bonds is 4. The quantitative estimate of drug-likeness (QED) is 0.312. The van der Waals surface area contributed by atoms with Gasteiger partial charge >= 0.3 is 5.97 Å². The average molecular weight is 472 g/mol. The summed E-state index contributed by atoms with van der Waals surface area (Å²) in [6.07, 6.45) is 1.75. The van der Waals surface area contributed by atoms with Crippen LogP contribution in [0.15, 0.2) is 54.3 Å². The third kappa shape index (κ3) is 3.45. The van der Waals surface area contributed by atoms with Crippen LogP contribution in [0.1, 0.15) is 39.4 Å². The Kier molecular flexibility index (Phi) is 4.88. The number of ketones is 1. The van der Waals surface area contributed by atoms with E-state index in [9.17, 15) is 9.59 Å². The molecule has 1 atom stereocenters. The van der Waals surface area contributed by atoms with Gasteiger partial charge in [-0.3, -0.25) is 9.59 Å². The van der Waals surface area contributed by atoms with Gasteiger partial charge in [0.15, 0.2) is 17.3 Å². The van der Waals surface area contributed by atoms with Crippen molar-refractivity contribution in [2.45, 2.75) is 12.3 Å². The molecule has 0 saturated heterocycles. The highest BCUT2D eigenvalue weighted by molar-refractivity contribution is 6.15. The second-order valence-corrected chi connectivity index (χ2v) is 8.25. The summed E-state index contributed by atoms with van der Waals surface area (Å²) in [6.45, 7) is 0.0883. The summed E-state index contributed by atoms with van der Waals surface area (Å²) in [7, 11) is 3.13. The van der Waals surface area contributed by atoms with Gasteiger partial charge in [0.25, 0.3) is 0 Å². The number of methoxy groups -OCH3 is 2. The maximum absolute atomic E-state index is 13.2. The van der Waals surface area contributed by atoms with Gasteiger partial charge in [0.1, 0.15) is 17.2 Å². The lowest BCUT2D eigenvalue weighted by Gasteiger charge is -2.26. The van der Waals surface area contributed by atoms with Gasteiger partial charge < -0.3 is 28.4 Å². The van der Waals surface area contributed by atoms with Crippen LogP contribution >= 0.6 is 0 Å². The number of Topliss-reactive ketones (excluding diaryl/α,β-unsaturated/α-hetero) is 1. The van der Waals surface area contributed by atoms with Crippen LogP contribution in [0.2, 0.25) is 0 Å². The number of ether oxygens (including phenoxy) is 6. The minimum Gasteiger partial charge on any atom is -0.497 e. The zero-order valence-corrected chi connectivity index (χ0v) is 19.0. The molecule has 3 heterocycles. The van der Waals surface area contributed by atoms with Gasteiger partial charge in [-0.05, 0) is 53.6 Å². The molecule has 8 nitrogen and oxygen atoms in total. The minimum absolute atomic E-state index is 0.0708. The van der Waals surface area contributed by atoms with Gasteiger partial charge in [-0.2, -0.15) is 0 Å². The molecule has 0 N–H and O–H groups in total. The molecule has 176 valence electrons. The topological polar surface area (TPSA) is 89.5 Å². The second-order valence-electron chi connectivity index (χ2n) is 8.25. The molecule has 3 aliphatic rings. The zero-order valence-electron chi connectivity index (χ0n) is 19.0. The molecule has 35 heavy (non-hydrogen) atoms. The van der Waals surface area contributed by atoms with Gasteiger partial charge in [-0.1, -0.05) is 12.1 Å². The summed E-state index contributed by atoms with van der Waals surface area (Å²) >= 11 is 0. The summed E-state index contributed by atoms with van der Waals surface area (Å²) in [4.78, 5) is 25.7. The fourth-order valence-electron chi connectivity index (χ4n) is 4.59. The van der Waals surface area contributed by atoms with E-state index >= 15 is 0 Å². The van der Waals surface area contributed by atoms with Gasteiger partial charge in [-0.25, -0.2) is 0 Å². The van der Waals surface area contributed by atoms with Crippen LogP contribution in [0.25, 0.3) is 6.08 Å². The highest BCUT2D eigenvalue weighted by atomic mass is 16.7. The molecule has 8 heteroatoms. The lowest BCUT2D eigenvalue weighted by atomic mass is 9.84. The van der Waals surface area contributed by atoms with Crippen molar-refractivity contribution in [2.24, 2.45) is 0 Å². The summed E-state index contributed by atoms with van der Waals surface area (Å²) < 4.78 is 33.4. The maximum Gasteiger partial charge on any atom is 0.312 e. The first-order valence-electron chi connectivity index (χ1n) is 11.0. The van der Waals surface area contributed by atoms with Crippen LogP contribution in [-0.2, 0) is 4.79 Å². The molecule has 0 spiro atoms. The zero-order chi connectivity index (χ0) is 24.1. The largest absolute Gasteiger partial charge is 0.497 e. The highest BCUT2D eigenvalue weighted by Crippen LogP contribution is 2.51. The van der Waals surface area contributed by atoms with E-state index in [1.165, 1.54) is 0 Å². The van der Waals surface area contributed by atoms with E-state index in [4.69, 9.17) is 28.4 Å². The van der Waals surface area contributed by atoms with Gasteiger partial charge in [0.05, 0.1) is 26.2 Å². The molecule has 3 aromatic rings. The van der Waals surface area contributed by atoms with Gasteiger partial charge in [0.2, 0.25) is 18.3 Å². The Bertz CT molecular complexity index is 1400. The summed E-state index contributed by atoms with van der Waals surface area (Å²) in [6, 6.07) is 14.2. The van der Waals surface area contributed by atoms with E-state index in [1.54, 1.807) is 32.4 Å². The summed E-state index contributed by atoms with van der Waals surface area (Å²) in [5.41, 5.74) is 2.61. The van der Waals surface area contributed by atoms with Crippen molar-refractivity contribution in [1.29, 1.82) is 0 Å². The molecule has 0 amide bonds. The number of benzene rings is 3. The van der Waals surface area contributed by atoms with E-state index in [1.807, 2.05) is 36.4 Å². The predicted octanol–water partition coefficient (Wildman–Crippen LogP) is 4.49. The Balaban J connectivity index is 1.44. The third-order valence-electron chi connectivity index (χ3n) is 6.28. The molecule has 0 radical (unpaired) electrons. The van der Waals surface area contributed by atoms with E-state index < -0.39 is 5.92 Å². The molecular formula is C27H20O8. The molecule has 0 unspecified atom stereocenters. The number of allylic oxidation sites excluding steroid dienone is 1. The standard InChI is InChI=1S/C27H20O8/c1-30-16-5-3-14(4-6-16)9-20-25(29)17-7-8-19-24(26(17)35-20)18(12-23(28)34-19)15-10-21(31-2)27-22(11-15)32-13-33-27/h3-11,18H,12-13H2,1-2H3/b20-9+/t18-/m0/s1. The Morgan fingerprint density at radius 2 is 1.71 bits per heavy atom. The lowest BCUT2D eigenvalue weighted by molar-refractivity contribution is -0.135. The molecule has 0 aliphatic carbocycles. The fourth-order valence-corrected chi connectivity index (χ4v) is 4.59. The Hall–Kier alpha value is -4.46. The molecule has 3 aliphatic heterocycles. The van der Waals surface area contributed by atoms with Gasteiger partial charge in [-0.15, -0.1) is 0 Å². The van der Waals surface area contributed by atoms with Gasteiger partial charge in [0, 0.05) is 11.5 Å². The molecule has 0 aromatic heterocycles. The van der Waals surface area contributed by atoms with Crippen LogP contribution in [0, 0.1) is 0 Å². The van der Waals surface area contributed by atoms with Crippen LogP contribution in [0.5, 0.6) is 34.5 Å². The van der Waals surface area contributed by atoms with E-state index in [0.29, 0.717) is 45.6 Å². The van der Waals surface area contributed by atoms with Crippen LogP contribution < -0.4 is 28.4 Å². The lowest BCUT2D eigenvalue weighted by Crippen LogP contribution is -2.21. The van der Waals surface area contributed by atoms with Crippen molar-refractivity contribution in [3.63, 3.8) is 0 Å². The first-order valence-corrected chi connectivity index (χ1v) is 11.0. The fraction of sp³-hybridized carbons (Fsp3) is 0.185. The van der Waals surface area contributed by atoms with E-state index in [2.05, 4.69) is 0 Å². The number of esters is 1. The van der Waals surface area contributed by atoms with Crippen LogP contribution in [0.4, 0.5) is 0 Å². The molecule has 0 bridgehead atoms. The van der Waals surface area contributed by atoms with Crippen molar-refractivity contribution in [1.82, 2.24) is 0 Å². The molecule has 6 rings (SSSR count). The van der Waals surface area contributed by atoms with Crippen LogP contribution in [-0.4, -0.2) is 32.8 Å². The van der Waals surface area contributed by atoms with Crippen molar-refractivity contribution < 1.29 is 38.0 Å². The molecule has 0 fully saturated rings. The normalized spacial score (nSPS) is 18.6. The second kappa shape index (κ2) is 8.09. The Labute approximate surface area is 200 Å². The van der Waals surface area contributed by atoms with E-state index in [0.717, 1.165) is 11.1 Å². The summed E-state index contributed by atoms with van der Waals surface area (Å²) in [5, 5.41) is 0. The van der Waals surface area contributed by atoms with Crippen LogP contribution in [0.3, 0.4) is 0 Å². The highest BCUT2D eigenvalue weighted by Gasteiger charge is 2.39. The number of carbonyl (C=O) groups excluding carboxylic acids is 2. The third-order valence-corrected chi connectivity index (χ3v) is 6.28. The summed E-state index contributed by atoms with van der Waals surface area (Å²) in [5.74, 6) is 2.16. The first-order chi connectivity index (χ1) is 17.1. The average Bonchev–Trinajstić information content (AvgIpc) is 3.47. The van der Waals surface area contributed by atoms with Crippen molar-refractivity contribution in [3.8, 4) is 34.5 Å². The minimum atomic E-state index is -0.433. The monoisotopic (exact) mass is 472 g/mol. The Morgan fingerprint density at radius 1 is 0.886 bits per heavy atom. The predicted molar refractivity (Wildman–Crippen MR) is 124 cm³/mol. The molecular weight excluding hydrogens is 452 g/mol. The first kappa shape index (κ1) is 21.1. The molecule has 0 saturated carbocycles. The maximum atomic E-state index is 13.2. The number of carbonyl (C=O) groups is 2. The Morgan fingerprint density at radius 3 is 2.49 bits per heavy atom. The number of fused-ring (bicyclic) bond motifs is 4. The number of hydrogen-bond acceptors (Lipinski definition) is 8. The number of hydrogen-bond donors (Lipinski definition) is 0.